The molecular weight excluding hydrogens is 1360 g/mol. The topological polar surface area (TPSA) is 40.6 Å². The molecule has 0 aliphatic heterocycles. The molecule has 0 unspecified atom stereocenters. The first-order valence-corrected chi connectivity index (χ1v) is 39.3. The third-order valence-corrected chi connectivity index (χ3v) is 24.8. The van der Waals surface area contributed by atoms with Gasteiger partial charge < -0.3 is 13.7 Å². The van der Waals surface area contributed by atoms with Crippen LogP contribution in [0.2, 0.25) is 0 Å². The van der Waals surface area contributed by atoms with E-state index in [1.165, 1.54) is 127 Å². The molecule has 530 valence electrons. The summed E-state index contributed by atoms with van der Waals surface area (Å²) < 4.78 is 7.33. The van der Waals surface area contributed by atoms with Crippen LogP contribution in [0.4, 0.5) is 0 Å². The normalized spacial score (nSPS) is 13.3. The summed E-state index contributed by atoms with van der Waals surface area (Å²) >= 11 is 0. The SMILES string of the molecule is CC(C)c1cc(-c2ccc3c4ccccc4n(-c4ccc(-c5nc(-c6cccc(-n7c8ccccc8c8ccc(-c9ccc%10c(c9)C(C)(C)c9ccccc9-%10)cc87)c6)c6cc(-c7cccc(-n8c9ccccc9c9ccc(-c%10ccc%11c(c%10)C(C)(C)c%10ccccc%10-%11)cc98)c7)ccc6n5)cc4)c3c2)ccc1-c1ccccc1. The standard InChI is InChI=1S/C107H77N5/c1-65(2)91-58-69(40-49-80(91)66-22-8-7-9-23-66)73-43-52-88-85-30-12-17-35-98(85)110(101(88)62-73)77-47-38-67(39-48-77)105-108-97-55-46-70(68-24-20-26-78(56-68)111-99-36-18-13-31-86(99)89-53-44-74(63-102(89)111)71-41-50-83-81-28-10-15-33-93(81)106(3,4)95(83)60-71)59-92(97)104(109-105)76-25-21-27-79(57-76)112-100-37-19-14-32-87(100)90-54-45-75(64-103(90)112)72-42-51-84-82-29-11-16-34-94(82)107(5,6)96(84)61-72/h7-65H,1-6H3. The molecule has 4 heterocycles. The van der Waals surface area contributed by atoms with Crippen molar-refractivity contribution in [2.45, 2.75) is 58.3 Å². The highest BCUT2D eigenvalue weighted by Gasteiger charge is 2.37. The van der Waals surface area contributed by atoms with Crippen LogP contribution in [0.25, 0.3) is 194 Å². The van der Waals surface area contributed by atoms with Crippen molar-refractivity contribution in [1.29, 1.82) is 0 Å². The maximum Gasteiger partial charge on any atom is 0.160 e. The van der Waals surface area contributed by atoms with Gasteiger partial charge in [0, 0.05) is 76.7 Å². The number of rotatable bonds is 11. The lowest BCUT2D eigenvalue weighted by molar-refractivity contribution is 0.660. The number of para-hydroxylation sites is 3. The second kappa shape index (κ2) is 24.9. The molecule has 5 nitrogen and oxygen atoms in total. The lowest BCUT2D eigenvalue weighted by Gasteiger charge is -2.22. The van der Waals surface area contributed by atoms with Crippen LogP contribution >= 0.6 is 0 Å². The zero-order chi connectivity index (χ0) is 74.8. The number of hydrogen-bond donors (Lipinski definition) is 0. The Bertz CT molecular complexity index is 7340. The van der Waals surface area contributed by atoms with E-state index in [9.17, 15) is 0 Å². The third-order valence-electron chi connectivity index (χ3n) is 24.8. The zero-order valence-corrected chi connectivity index (χ0v) is 63.3. The van der Waals surface area contributed by atoms with Crippen LogP contribution in [0.15, 0.2) is 352 Å². The molecule has 0 bridgehead atoms. The van der Waals surface area contributed by atoms with E-state index < -0.39 is 0 Å². The maximum atomic E-state index is 5.78. The molecular formula is C107H77N5. The molecule has 0 radical (unpaired) electrons. The Balaban J connectivity index is 0.680. The van der Waals surface area contributed by atoms with Gasteiger partial charge in [0.2, 0.25) is 0 Å². The highest BCUT2D eigenvalue weighted by atomic mass is 15.0. The summed E-state index contributed by atoms with van der Waals surface area (Å²) in [5.74, 6) is 0.998. The minimum atomic E-state index is -0.120. The Morgan fingerprint density at radius 3 is 1.13 bits per heavy atom. The van der Waals surface area contributed by atoms with E-state index in [2.05, 4.69) is 407 Å². The van der Waals surface area contributed by atoms with Crippen LogP contribution in [0, 0.1) is 0 Å². The lowest BCUT2D eigenvalue weighted by atomic mass is 9.81. The lowest BCUT2D eigenvalue weighted by Crippen LogP contribution is -2.14. The van der Waals surface area contributed by atoms with Gasteiger partial charge in [0.25, 0.3) is 0 Å². The molecule has 22 rings (SSSR count). The molecule has 0 amide bonds. The van der Waals surface area contributed by atoms with Gasteiger partial charge in [0.05, 0.1) is 44.3 Å². The summed E-state index contributed by atoms with van der Waals surface area (Å²) in [4.78, 5) is 11.3. The van der Waals surface area contributed by atoms with Crippen molar-refractivity contribution in [3.05, 3.63) is 380 Å². The fraction of sp³-hybridized carbons (Fsp3) is 0.0841. The van der Waals surface area contributed by atoms with E-state index in [4.69, 9.17) is 9.97 Å². The highest BCUT2D eigenvalue weighted by Crippen LogP contribution is 2.53. The molecule has 0 saturated heterocycles. The van der Waals surface area contributed by atoms with Gasteiger partial charge in [-0.25, -0.2) is 9.97 Å². The predicted molar refractivity (Wildman–Crippen MR) is 470 cm³/mol. The van der Waals surface area contributed by atoms with Crippen LogP contribution in [-0.4, -0.2) is 23.7 Å². The van der Waals surface area contributed by atoms with Gasteiger partial charge in [-0.15, -0.1) is 0 Å². The first-order chi connectivity index (χ1) is 54.8. The molecule has 0 atom stereocenters. The summed E-state index contributed by atoms with van der Waals surface area (Å²) in [6, 6.07) is 131. The number of benzene rings is 16. The molecule has 0 saturated carbocycles. The van der Waals surface area contributed by atoms with Gasteiger partial charge in [-0.3, -0.25) is 0 Å². The largest absolute Gasteiger partial charge is 0.309 e. The van der Waals surface area contributed by atoms with Crippen LogP contribution in [0.1, 0.15) is 75.3 Å². The van der Waals surface area contributed by atoms with Gasteiger partial charge in [-0.1, -0.05) is 284 Å². The number of fused-ring (bicyclic) bond motifs is 16. The Kier molecular flexibility index (Phi) is 14.5. The van der Waals surface area contributed by atoms with E-state index in [-0.39, 0.29) is 10.8 Å². The molecule has 2 aliphatic carbocycles. The van der Waals surface area contributed by atoms with Crippen molar-refractivity contribution in [2.24, 2.45) is 0 Å². The molecule has 0 N–H and O–H groups in total. The average Bonchev–Trinajstić information content (AvgIpc) is 1.57. The third kappa shape index (κ3) is 10.1. The molecule has 0 fully saturated rings. The van der Waals surface area contributed by atoms with Crippen molar-refractivity contribution in [2.75, 3.05) is 0 Å². The van der Waals surface area contributed by atoms with Gasteiger partial charge in [0.15, 0.2) is 5.82 Å². The van der Waals surface area contributed by atoms with Gasteiger partial charge in [-0.2, -0.15) is 0 Å². The maximum absolute atomic E-state index is 5.78. The smallest absolute Gasteiger partial charge is 0.160 e. The van der Waals surface area contributed by atoms with Crippen LogP contribution in [-0.2, 0) is 10.8 Å². The average molecular weight is 1430 g/mol. The summed E-state index contributed by atoms with van der Waals surface area (Å²) in [7, 11) is 0. The van der Waals surface area contributed by atoms with Crippen molar-refractivity contribution >= 4 is 76.3 Å². The molecule has 16 aromatic carbocycles. The Morgan fingerprint density at radius 1 is 0.232 bits per heavy atom. The molecule has 20 aromatic rings. The number of nitrogens with zero attached hydrogens (tertiary/aromatic N) is 5. The molecule has 0 spiro atoms. The Labute approximate surface area is 651 Å². The van der Waals surface area contributed by atoms with Crippen molar-refractivity contribution in [3.8, 4) is 118 Å². The fourth-order valence-corrected chi connectivity index (χ4v) is 19.2. The van der Waals surface area contributed by atoms with Gasteiger partial charge in [-0.05, 0) is 221 Å². The Hall–Kier alpha value is -13.7. The summed E-state index contributed by atoms with van der Waals surface area (Å²) in [6.07, 6.45) is 0. The van der Waals surface area contributed by atoms with Crippen LogP contribution < -0.4 is 0 Å². The van der Waals surface area contributed by atoms with Crippen molar-refractivity contribution < 1.29 is 0 Å². The number of aromatic nitrogens is 5. The van der Waals surface area contributed by atoms with E-state index >= 15 is 0 Å². The summed E-state index contributed by atoms with van der Waals surface area (Å²) in [5.41, 5.74) is 37.5. The van der Waals surface area contributed by atoms with E-state index in [0.29, 0.717) is 11.7 Å². The molecule has 112 heavy (non-hydrogen) atoms. The second-order valence-corrected chi connectivity index (χ2v) is 32.2. The first-order valence-electron chi connectivity index (χ1n) is 39.3. The van der Waals surface area contributed by atoms with E-state index in [1.54, 1.807) is 0 Å². The monoisotopic (exact) mass is 1430 g/mol. The fourth-order valence-electron chi connectivity index (χ4n) is 19.2. The minimum Gasteiger partial charge on any atom is -0.309 e. The second-order valence-electron chi connectivity index (χ2n) is 32.2. The van der Waals surface area contributed by atoms with E-state index in [1.807, 2.05) is 0 Å². The van der Waals surface area contributed by atoms with Crippen LogP contribution in [0.5, 0.6) is 0 Å². The van der Waals surface area contributed by atoms with Crippen molar-refractivity contribution in [3.63, 3.8) is 0 Å². The van der Waals surface area contributed by atoms with E-state index in [0.717, 1.165) is 89.0 Å². The quantitative estimate of drug-likeness (QED) is 0.129. The van der Waals surface area contributed by atoms with Gasteiger partial charge >= 0.3 is 0 Å². The minimum absolute atomic E-state index is 0.106. The summed E-state index contributed by atoms with van der Waals surface area (Å²) in [6.45, 7) is 14.0. The number of hydrogen-bond acceptors (Lipinski definition) is 2. The van der Waals surface area contributed by atoms with Crippen molar-refractivity contribution in [1.82, 2.24) is 23.7 Å². The zero-order valence-electron chi connectivity index (χ0n) is 63.3. The molecule has 5 heteroatoms. The summed E-state index contributed by atoms with van der Waals surface area (Å²) in [5, 5.41) is 8.24. The first kappa shape index (κ1) is 65.4. The predicted octanol–water partition coefficient (Wildman–Crippen LogP) is 28.3. The van der Waals surface area contributed by atoms with Crippen LogP contribution in [0.3, 0.4) is 0 Å². The molecule has 2 aliphatic rings. The molecule has 4 aromatic heterocycles. The highest BCUT2D eigenvalue weighted by molar-refractivity contribution is 6.13. The Morgan fingerprint density at radius 2 is 0.607 bits per heavy atom. The van der Waals surface area contributed by atoms with Gasteiger partial charge in [0.1, 0.15) is 0 Å².